The highest BCUT2D eigenvalue weighted by Crippen LogP contribution is 2.14. The molecule has 0 saturated carbocycles. The number of thiophene rings is 1. The summed E-state index contributed by atoms with van der Waals surface area (Å²) in [6, 6.07) is 7.13. The molecule has 2 N–H and O–H groups in total. The van der Waals surface area contributed by atoms with Crippen molar-refractivity contribution in [3.63, 3.8) is 0 Å². The number of sulfonamides is 1. The van der Waals surface area contributed by atoms with Crippen LogP contribution in [0.25, 0.3) is 0 Å². The van der Waals surface area contributed by atoms with E-state index in [9.17, 15) is 8.42 Å². The minimum Gasteiger partial charge on any atom is -0.447 e. The highest BCUT2D eigenvalue weighted by atomic mass is 32.2. The molecule has 2 rings (SSSR count). The van der Waals surface area contributed by atoms with E-state index in [1.807, 2.05) is 17.5 Å². The molecule has 0 saturated heterocycles. The van der Waals surface area contributed by atoms with E-state index in [0.29, 0.717) is 25.3 Å². The van der Waals surface area contributed by atoms with Gasteiger partial charge in [-0.25, -0.2) is 13.1 Å². The van der Waals surface area contributed by atoms with Crippen LogP contribution in [0.4, 0.5) is 0 Å². The maximum Gasteiger partial charge on any atom is 0.273 e. The first-order chi connectivity index (χ1) is 10.1. The molecule has 21 heavy (non-hydrogen) atoms. The predicted molar refractivity (Wildman–Crippen MR) is 83.9 cm³/mol. The molecular formula is C14H20N2O3S2. The van der Waals surface area contributed by atoms with E-state index in [1.54, 1.807) is 17.4 Å². The highest BCUT2D eigenvalue weighted by Gasteiger charge is 2.18. The second-order valence-corrected chi connectivity index (χ2v) is 7.35. The van der Waals surface area contributed by atoms with Crippen molar-refractivity contribution in [2.45, 2.75) is 31.4 Å². The van der Waals surface area contributed by atoms with Crippen LogP contribution in [-0.4, -0.2) is 21.5 Å². The zero-order valence-electron chi connectivity index (χ0n) is 12.0. The predicted octanol–water partition coefficient (Wildman–Crippen LogP) is 2.36. The Morgan fingerprint density at radius 1 is 1.24 bits per heavy atom. The Balaban J connectivity index is 1.86. The zero-order chi connectivity index (χ0) is 15.1. The van der Waals surface area contributed by atoms with E-state index in [2.05, 4.69) is 17.0 Å². The molecule has 2 heterocycles. The lowest BCUT2D eigenvalue weighted by Crippen LogP contribution is -2.25. The molecule has 0 fully saturated rings. The lowest BCUT2D eigenvalue weighted by molar-refractivity contribution is 0.400. The summed E-state index contributed by atoms with van der Waals surface area (Å²) in [5.74, 6) is 0.627. The van der Waals surface area contributed by atoms with Crippen LogP contribution in [0.1, 0.15) is 24.0 Å². The van der Waals surface area contributed by atoms with Crippen LogP contribution in [0.2, 0.25) is 0 Å². The zero-order valence-corrected chi connectivity index (χ0v) is 13.6. The molecule has 116 valence electrons. The molecule has 0 spiro atoms. The van der Waals surface area contributed by atoms with Crippen LogP contribution in [0, 0.1) is 0 Å². The molecule has 0 aromatic carbocycles. The SMILES string of the molecule is CCCNCc1ccc(S(=O)(=O)NCCc2cccs2)o1. The lowest BCUT2D eigenvalue weighted by Gasteiger charge is -2.03. The average Bonchev–Trinajstić information content (AvgIpc) is 3.10. The second kappa shape index (κ2) is 7.74. The van der Waals surface area contributed by atoms with Crippen LogP contribution < -0.4 is 10.0 Å². The van der Waals surface area contributed by atoms with Gasteiger partial charge in [-0.2, -0.15) is 0 Å². The number of furan rings is 1. The number of rotatable bonds is 9. The maximum atomic E-state index is 12.1. The lowest BCUT2D eigenvalue weighted by atomic mass is 10.3. The van der Waals surface area contributed by atoms with Gasteiger partial charge >= 0.3 is 0 Å². The van der Waals surface area contributed by atoms with Gasteiger partial charge in [0.15, 0.2) is 0 Å². The van der Waals surface area contributed by atoms with Crippen molar-refractivity contribution in [2.24, 2.45) is 0 Å². The molecule has 0 atom stereocenters. The largest absolute Gasteiger partial charge is 0.447 e. The molecule has 0 unspecified atom stereocenters. The van der Waals surface area contributed by atoms with E-state index >= 15 is 0 Å². The minimum atomic E-state index is -3.56. The van der Waals surface area contributed by atoms with Crippen LogP contribution in [0.5, 0.6) is 0 Å². The van der Waals surface area contributed by atoms with Gasteiger partial charge in [-0.1, -0.05) is 13.0 Å². The fraction of sp³-hybridized carbons (Fsp3) is 0.429. The first kappa shape index (κ1) is 16.2. The molecule has 0 aliphatic heterocycles. The summed E-state index contributed by atoms with van der Waals surface area (Å²) in [4.78, 5) is 1.15. The quantitative estimate of drug-likeness (QED) is 0.693. The summed E-state index contributed by atoms with van der Waals surface area (Å²) < 4.78 is 32.1. The Hall–Kier alpha value is -1.15. The Morgan fingerprint density at radius 3 is 2.81 bits per heavy atom. The van der Waals surface area contributed by atoms with Crippen molar-refractivity contribution in [3.05, 3.63) is 40.3 Å². The van der Waals surface area contributed by atoms with Gasteiger partial charge in [0.25, 0.3) is 10.0 Å². The van der Waals surface area contributed by atoms with E-state index in [0.717, 1.165) is 17.8 Å². The van der Waals surface area contributed by atoms with Crippen molar-refractivity contribution in [3.8, 4) is 0 Å². The Morgan fingerprint density at radius 2 is 2.10 bits per heavy atom. The van der Waals surface area contributed by atoms with Crippen molar-refractivity contribution in [2.75, 3.05) is 13.1 Å². The van der Waals surface area contributed by atoms with Gasteiger partial charge < -0.3 is 9.73 Å². The first-order valence-electron chi connectivity index (χ1n) is 6.93. The third-order valence-electron chi connectivity index (χ3n) is 2.87. The van der Waals surface area contributed by atoms with E-state index < -0.39 is 10.0 Å². The van der Waals surface area contributed by atoms with E-state index in [-0.39, 0.29) is 5.09 Å². The topological polar surface area (TPSA) is 71.3 Å². The van der Waals surface area contributed by atoms with Crippen molar-refractivity contribution in [1.82, 2.24) is 10.0 Å². The normalized spacial score (nSPS) is 11.9. The van der Waals surface area contributed by atoms with Crippen LogP contribution >= 0.6 is 11.3 Å². The molecule has 0 aliphatic carbocycles. The summed E-state index contributed by atoms with van der Waals surface area (Å²) in [6.07, 6.45) is 1.71. The standard InChI is InChI=1S/C14H20N2O3S2/c1-2-8-15-11-12-5-6-14(19-12)21(17,18)16-9-7-13-4-3-10-20-13/h3-6,10,15-16H,2,7-9,11H2,1H3. The molecule has 0 radical (unpaired) electrons. The van der Waals surface area contributed by atoms with Crippen LogP contribution in [0.15, 0.2) is 39.2 Å². The summed E-state index contributed by atoms with van der Waals surface area (Å²) in [7, 11) is -3.56. The summed E-state index contributed by atoms with van der Waals surface area (Å²) >= 11 is 1.62. The van der Waals surface area contributed by atoms with Gasteiger partial charge in [0, 0.05) is 11.4 Å². The van der Waals surface area contributed by atoms with Gasteiger partial charge in [-0.3, -0.25) is 0 Å². The molecule has 0 aliphatic rings. The Labute approximate surface area is 129 Å². The fourth-order valence-electron chi connectivity index (χ4n) is 1.82. The van der Waals surface area contributed by atoms with Gasteiger partial charge in [0.1, 0.15) is 5.76 Å². The molecular weight excluding hydrogens is 308 g/mol. The van der Waals surface area contributed by atoms with E-state index in [1.165, 1.54) is 6.07 Å². The third-order valence-corrected chi connectivity index (χ3v) is 5.14. The number of nitrogens with one attached hydrogen (secondary N) is 2. The van der Waals surface area contributed by atoms with Gasteiger partial charge in [0.05, 0.1) is 6.54 Å². The third kappa shape index (κ3) is 4.96. The number of hydrogen-bond donors (Lipinski definition) is 2. The molecule has 7 heteroatoms. The highest BCUT2D eigenvalue weighted by molar-refractivity contribution is 7.89. The van der Waals surface area contributed by atoms with E-state index in [4.69, 9.17) is 4.42 Å². The maximum absolute atomic E-state index is 12.1. The minimum absolute atomic E-state index is 0.0259. The molecule has 5 nitrogen and oxygen atoms in total. The first-order valence-corrected chi connectivity index (χ1v) is 9.29. The average molecular weight is 328 g/mol. The van der Waals surface area contributed by atoms with Crippen molar-refractivity contribution < 1.29 is 12.8 Å². The van der Waals surface area contributed by atoms with Crippen molar-refractivity contribution >= 4 is 21.4 Å². The van der Waals surface area contributed by atoms with Crippen LogP contribution in [0.3, 0.4) is 0 Å². The van der Waals surface area contributed by atoms with Crippen LogP contribution in [-0.2, 0) is 23.0 Å². The fourth-order valence-corrected chi connectivity index (χ4v) is 3.51. The second-order valence-electron chi connectivity index (χ2n) is 4.62. The monoisotopic (exact) mass is 328 g/mol. The molecule has 0 amide bonds. The summed E-state index contributed by atoms with van der Waals surface area (Å²) in [5, 5.41) is 5.12. The summed E-state index contributed by atoms with van der Waals surface area (Å²) in [5.41, 5.74) is 0. The molecule has 2 aromatic rings. The molecule has 0 bridgehead atoms. The number of hydrogen-bond acceptors (Lipinski definition) is 5. The molecule has 2 aromatic heterocycles. The van der Waals surface area contributed by atoms with Crippen molar-refractivity contribution in [1.29, 1.82) is 0 Å². The summed E-state index contributed by atoms with van der Waals surface area (Å²) in [6.45, 7) is 3.86. The Kier molecular flexibility index (Phi) is 5.98. The van der Waals surface area contributed by atoms with Gasteiger partial charge in [-0.15, -0.1) is 11.3 Å². The van der Waals surface area contributed by atoms with Gasteiger partial charge in [-0.05, 0) is 43.0 Å². The van der Waals surface area contributed by atoms with Gasteiger partial charge in [0.2, 0.25) is 5.09 Å². The Bertz CT molecular complexity index is 633. The smallest absolute Gasteiger partial charge is 0.273 e.